The fraction of sp³-hybridized carbons (Fsp3) is 0.294. The van der Waals surface area contributed by atoms with E-state index in [0.29, 0.717) is 11.5 Å². The van der Waals surface area contributed by atoms with Gasteiger partial charge in [-0.05, 0) is 43.5 Å². The van der Waals surface area contributed by atoms with Crippen molar-refractivity contribution in [3.63, 3.8) is 0 Å². The minimum Gasteiger partial charge on any atom is -0.384 e. The van der Waals surface area contributed by atoms with Crippen LogP contribution in [0.2, 0.25) is 0 Å². The lowest BCUT2D eigenvalue weighted by atomic mass is 9.83. The Balaban J connectivity index is 2.17. The van der Waals surface area contributed by atoms with Crippen LogP contribution >= 0.6 is 0 Å². The van der Waals surface area contributed by atoms with Gasteiger partial charge in [0.25, 0.3) is 0 Å². The molecule has 0 atom stereocenters. The van der Waals surface area contributed by atoms with E-state index in [-0.39, 0.29) is 5.91 Å². The summed E-state index contributed by atoms with van der Waals surface area (Å²) in [6, 6.07) is 11.6. The third-order valence-electron chi connectivity index (χ3n) is 3.70. The summed E-state index contributed by atoms with van der Waals surface area (Å²) in [7, 11) is 0. The van der Waals surface area contributed by atoms with Gasteiger partial charge >= 0.3 is 0 Å². The number of pyridine rings is 1. The molecule has 0 bridgehead atoms. The van der Waals surface area contributed by atoms with Gasteiger partial charge in [-0.15, -0.1) is 0 Å². The highest BCUT2D eigenvalue weighted by Gasteiger charge is 2.29. The van der Waals surface area contributed by atoms with Gasteiger partial charge < -0.3 is 11.1 Å². The molecule has 0 unspecified atom stereocenters. The van der Waals surface area contributed by atoms with E-state index < -0.39 is 5.41 Å². The zero-order valence-corrected chi connectivity index (χ0v) is 12.7. The second-order valence-electron chi connectivity index (χ2n) is 5.60. The predicted molar refractivity (Wildman–Crippen MR) is 86.1 cm³/mol. The molecule has 2 aromatic rings. The van der Waals surface area contributed by atoms with Gasteiger partial charge in [-0.25, -0.2) is 4.98 Å². The average molecular weight is 283 g/mol. The van der Waals surface area contributed by atoms with Crippen LogP contribution in [-0.2, 0) is 16.6 Å². The van der Waals surface area contributed by atoms with Crippen LogP contribution in [0.5, 0.6) is 0 Å². The molecular formula is C17H21N3O. The average Bonchev–Trinajstić information content (AvgIpc) is 2.49. The summed E-state index contributed by atoms with van der Waals surface area (Å²) < 4.78 is 0. The third kappa shape index (κ3) is 3.40. The molecule has 4 nitrogen and oxygen atoms in total. The Morgan fingerprint density at radius 2 is 1.86 bits per heavy atom. The molecule has 3 N–H and O–H groups in total. The second-order valence-corrected chi connectivity index (χ2v) is 5.60. The van der Waals surface area contributed by atoms with Gasteiger partial charge in [0.2, 0.25) is 5.91 Å². The van der Waals surface area contributed by atoms with Gasteiger partial charge in [0, 0.05) is 0 Å². The van der Waals surface area contributed by atoms with Gasteiger partial charge in [-0.3, -0.25) is 4.79 Å². The summed E-state index contributed by atoms with van der Waals surface area (Å²) in [4.78, 5) is 16.5. The minimum atomic E-state index is -0.617. The van der Waals surface area contributed by atoms with E-state index in [1.807, 2.05) is 26.0 Å². The van der Waals surface area contributed by atoms with Gasteiger partial charge in [0.05, 0.1) is 17.3 Å². The zero-order valence-electron chi connectivity index (χ0n) is 12.7. The first-order chi connectivity index (χ1) is 9.93. The molecular weight excluding hydrogens is 262 g/mol. The molecule has 1 amide bonds. The Labute approximate surface area is 125 Å². The van der Waals surface area contributed by atoms with Crippen molar-refractivity contribution in [1.29, 1.82) is 0 Å². The molecule has 1 aromatic carbocycles. The molecule has 0 saturated heterocycles. The standard InChI is InChI=1S/C17H21N3O/c1-4-12-5-7-13(8-6-12)17(2,3)16(21)20-14-9-10-15(18)19-11-14/h5-11H,4H2,1-3H3,(H2,18,19)(H,20,21). The van der Waals surface area contributed by atoms with Crippen molar-refractivity contribution in [2.45, 2.75) is 32.6 Å². The monoisotopic (exact) mass is 283 g/mol. The maximum absolute atomic E-state index is 12.5. The molecule has 1 heterocycles. The van der Waals surface area contributed by atoms with Crippen LogP contribution in [0, 0.1) is 0 Å². The molecule has 0 aliphatic heterocycles. The van der Waals surface area contributed by atoms with E-state index in [9.17, 15) is 4.79 Å². The largest absolute Gasteiger partial charge is 0.384 e. The van der Waals surface area contributed by atoms with Crippen molar-refractivity contribution in [3.8, 4) is 0 Å². The van der Waals surface area contributed by atoms with E-state index in [1.54, 1.807) is 18.3 Å². The van der Waals surface area contributed by atoms with Crippen LogP contribution in [-0.4, -0.2) is 10.9 Å². The number of rotatable bonds is 4. The number of nitrogens with one attached hydrogen (secondary N) is 1. The first kappa shape index (κ1) is 15.0. The number of aromatic nitrogens is 1. The number of nitrogen functional groups attached to an aromatic ring is 1. The molecule has 2 rings (SSSR count). The Morgan fingerprint density at radius 3 is 2.38 bits per heavy atom. The zero-order chi connectivity index (χ0) is 15.5. The van der Waals surface area contributed by atoms with E-state index in [4.69, 9.17) is 5.73 Å². The summed E-state index contributed by atoms with van der Waals surface area (Å²) in [5, 5.41) is 2.88. The fourth-order valence-electron chi connectivity index (χ4n) is 2.05. The Hall–Kier alpha value is -2.36. The first-order valence-electron chi connectivity index (χ1n) is 7.06. The Kier molecular flexibility index (Phi) is 4.26. The SMILES string of the molecule is CCc1ccc(C(C)(C)C(=O)Nc2ccc(N)nc2)cc1. The molecule has 1 aromatic heterocycles. The topological polar surface area (TPSA) is 68.0 Å². The van der Waals surface area contributed by atoms with Crippen molar-refractivity contribution in [3.05, 3.63) is 53.7 Å². The van der Waals surface area contributed by atoms with Crippen molar-refractivity contribution in [2.24, 2.45) is 0 Å². The Bertz CT molecular complexity index is 615. The Morgan fingerprint density at radius 1 is 1.19 bits per heavy atom. The number of nitrogens with two attached hydrogens (primary N) is 1. The van der Waals surface area contributed by atoms with Gasteiger partial charge in [0.15, 0.2) is 0 Å². The van der Waals surface area contributed by atoms with E-state index in [2.05, 4.69) is 29.4 Å². The molecule has 0 fully saturated rings. The lowest BCUT2D eigenvalue weighted by Crippen LogP contribution is -2.34. The van der Waals surface area contributed by atoms with Crippen molar-refractivity contribution in [1.82, 2.24) is 4.98 Å². The van der Waals surface area contributed by atoms with Gasteiger partial charge in [-0.2, -0.15) is 0 Å². The minimum absolute atomic E-state index is 0.0710. The van der Waals surface area contributed by atoms with Crippen LogP contribution < -0.4 is 11.1 Å². The summed E-state index contributed by atoms with van der Waals surface area (Å²) in [5.41, 5.74) is 7.81. The van der Waals surface area contributed by atoms with Crippen molar-refractivity contribution >= 4 is 17.4 Å². The molecule has 0 radical (unpaired) electrons. The third-order valence-corrected chi connectivity index (χ3v) is 3.70. The number of amides is 1. The van der Waals surface area contributed by atoms with E-state index in [1.165, 1.54) is 5.56 Å². The number of hydrogen-bond donors (Lipinski definition) is 2. The quantitative estimate of drug-likeness (QED) is 0.905. The highest BCUT2D eigenvalue weighted by Crippen LogP contribution is 2.25. The van der Waals surface area contributed by atoms with Crippen molar-refractivity contribution in [2.75, 3.05) is 11.1 Å². The van der Waals surface area contributed by atoms with Gasteiger partial charge in [-0.1, -0.05) is 31.2 Å². The van der Waals surface area contributed by atoms with Crippen LogP contribution in [0.3, 0.4) is 0 Å². The number of carbonyl (C=O) groups is 1. The van der Waals surface area contributed by atoms with Crippen LogP contribution in [0.1, 0.15) is 31.9 Å². The summed E-state index contributed by atoms with van der Waals surface area (Å²) in [5.74, 6) is 0.362. The van der Waals surface area contributed by atoms with Crippen LogP contribution in [0.15, 0.2) is 42.6 Å². The molecule has 0 spiro atoms. The number of aryl methyl sites for hydroxylation is 1. The molecule has 4 heteroatoms. The molecule has 0 saturated carbocycles. The number of nitrogens with zero attached hydrogens (tertiary/aromatic N) is 1. The highest BCUT2D eigenvalue weighted by atomic mass is 16.2. The lowest BCUT2D eigenvalue weighted by molar-refractivity contribution is -0.120. The second kappa shape index (κ2) is 5.95. The first-order valence-corrected chi connectivity index (χ1v) is 7.06. The molecule has 0 aliphatic carbocycles. The number of carbonyl (C=O) groups excluding carboxylic acids is 1. The highest BCUT2D eigenvalue weighted by molar-refractivity contribution is 5.98. The number of anilines is 2. The predicted octanol–water partition coefficient (Wildman–Crippen LogP) is 3.14. The van der Waals surface area contributed by atoms with Crippen molar-refractivity contribution < 1.29 is 4.79 Å². The lowest BCUT2D eigenvalue weighted by Gasteiger charge is -2.24. The molecule has 0 aliphatic rings. The van der Waals surface area contributed by atoms with Gasteiger partial charge in [0.1, 0.15) is 5.82 Å². The van der Waals surface area contributed by atoms with Crippen LogP contribution in [0.25, 0.3) is 0 Å². The maximum atomic E-state index is 12.5. The van der Waals surface area contributed by atoms with Crippen LogP contribution in [0.4, 0.5) is 11.5 Å². The molecule has 21 heavy (non-hydrogen) atoms. The normalized spacial score (nSPS) is 11.2. The number of hydrogen-bond acceptors (Lipinski definition) is 3. The van der Waals surface area contributed by atoms with E-state index >= 15 is 0 Å². The summed E-state index contributed by atoms with van der Waals surface area (Å²) >= 11 is 0. The molecule has 110 valence electrons. The maximum Gasteiger partial charge on any atom is 0.234 e. The number of benzene rings is 1. The summed E-state index contributed by atoms with van der Waals surface area (Å²) in [6.45, 7) is 5.93. The van der Waals surface area contributed by atoms with E-state index in [0.717, 1.165) is 12.0 Å². The fourth-order valence-corrected chi connectivity index (χ4v) is 2.05. The smallest absolute Gasteiger partial charge is 0.234 e. The summed E-state index contributed by atoms with van der Waals surface area (Å²) in [6.07, 6.45) is 2.55.